The van der Waals surface area contributed by atoms with Crippen LogP contribution in [0.1, 0.15) is 16.8 Å². The van der Waals surface area contributed by atoms with Crippen molar-refractivity contribution in [2.24, 2.45) is 0 Å². The van der Waals surface area contributed by atoms with Crippen molar-refractivity contribution in [1.82, 2.24) is 4.98 Å². The Morgan fingerprint density at radius 1 is 1.08 bits per heavy atom. The minimum atomic E-state index is -4.52. The Labute approximate surface area is 148 Å². The van der Waals surface area contributed by atoms with Crippen LogP contribution in [0.3, 0.4) is 0 Å². The van der Waals surface area contributed by atoms with Crippen molar-refractivity contribution < 1.29 is 32.4 Å². The van der Waals surface area contributed by atoms with Gasteiger partial charge in [-0.3, -0.25) is 0 Å². The molecule has 0 unspecified atom stereocenters. The van der Waals surface area contributed by atoms with E-state index in [4.69, 9.17) is 14.4 Å². The molecular formula is C18H18F3NO4. The monoisotopic (exact) mass is 369 g/mol. The minimum absolute atomic E-state index is 0.0263. The maximum absolute atomic E-state index is 12.7. The largest absolute Gasteiger partial charge is 0.504 e. The van der Waals surface area contributed by atoms with Crippen LogP contribution in [0.15, 0.2) is 48.7 Å². The van der Waals surface area contributed by atoms with E-state index in [0.717, 1.165) is 17.2 Å². The molecule has 140 valence electrons. The van der Waals surface area contributed by atoms with E-state index in [1.807, 2.05) is 12.1 Å². The molecule has 0 aliphatic rings. The summed E-state index contributed by atoms with van der Waals surface area (Å²) in [6.07, 6.45) is -3.02. The number of aromatic nitrogens is 1. The number of ether oxygens (including phenoxy) is 2. The molecule has 0 amide bonds. The third-order valence-electron chi connectivity index (χ3n) is 3.35. The maximum atomic E-state index is 12.7. The van der Waals surface area contributed by atoms with Crippen molar-refractivity contribution in [3.63, 3.8) is 0 Å². The van der Waals surface area contributed by atoms with Gasteiger partial charge in [0.1, 0.15) is 18.9 Å². The summed E-state index contributed by atoms with van der Waals surface area (Å²) >= 11 is 0. The van der Waals surface area contributed by atoms with E-state index in [9.17, 15) is 13.2 Å². The van der Waals surface area contributed by atoms with E-state index in [2.05, 4.69) is 9.87 Å². The fourth-order valence-corrected chi connectivity index (χ4v) is 2.20. The van der Waals surface area contributed by atoms with Crippen LogP contribution in [0.4, 0.5) is 13.2 Å². The topological polar surface area (TPSA) is 49.8 Å². The molecule has 1 aromatic carbocycles. The van der Waals surface area contributed by atoms with Gasteiger partial charge in [-0.1, -0.05) is 30.3 Å². The zero-order valence-electron chi connectivity index (χ0n) is 14.2. The Balaban J connectivity index is 2.19. The van der Waals surface area contributed by atoms with Crippen LogP contribution in [0.5, 0.6) is 5.88 Å². The van der Waals surface area contributed by atoms with Crippen LogP contribution in [-0.2, 0) is 27.3 Å². The second kappa shape index (κ2) is 9.21. The van der Waals surface area contributed by atoms with Gasteiger partial charge >= 0.3 is 6.18 Å². The van der Waals surface area contributed by atoms with Crippen LogP contribution in [0.2, 0.25) is 0 Å². The summed E-state index contributed by atoms with van der Waals surface area (Å²) < 4.78 is 48.7. The molecule has 1 heterocycles. The first-order valence-electron chi connectivity index (χ1n) is 7.58. The summed E-state index contributed by atoms with van der Waals surface area (Å²) in [6, 6.07) is 10.7. The van der Waals surface area contributed by atoms with E-state index >= 15 is 0 Å². The van der Waals surface area contributed by atoms with Gasteiger partial charge in [-0.25, -0.2) is 14.8 Å². The number of pyridine rings is 1. The summed E-state index contributed by atoms with van der Waals surface area (Å²) in [5.74, 6) is -0.111. The number of rotatable bonds is 8. The number of halogens is 3. The third-order valence-corrected chi connectivity index (χ3v) is 3.35. The summed E-state index contributed by atoms with van der Waals surface area (Å²) in [4.78, 5) is 13.0. The van der Waals surface area contributed by atoms with Gasteiger partial charge in [-0.2, -0.15) is 13.2 Å². The van der Waals surface area contributed by atoms with E-state index in [1.165, 1.54) is 32.6 Å². The highest BCUT2D eigenvalue weighted by Crippen LogP contribution is 2.29. The summed E-state index contributed by atoms with van der Waals surface area (Å²) in [6.45, 7) is 0.154. The second-order valence-corrected chi connectivity index (χ2v) is 5.11. The van der Waals surface area contributed by atoms with E-state index in [0.29, 0.717) is 5.57 Å². The van der Waals surface area contributed by atoms with Gasteiger partial charge < -0.3 is 9.47 Å². The smallest absolute Gasteiger partial charge is 0.433 e. The van der Waals surface area contributed by atoms with E-state index in [1.54, 1.807) is 12.1 Å². The Kier molecular flexibility index (Phi) is 6.99. The minimum Gasteiger partial charge on any atom is -0.504 e. The molecule has 0 saturated heterocycles. The van der Waals surface area contributed by atoms with E-state index < -0.39 is 11.9 Å². The molecule has 0 aliphatic carbocycles. The Morgan fingerprint density at radius 2 is 1.85 bits per heavy atom. The molecule has 26 heavy (non-hydrogen) atoms. The van der Waals surface area contributed by atoms with Crippen LogP contribution in [-0.4, -0.2) is 25.8 Å². The molecule has 2 aromatic rings. The Morgan fingerprint density at radius 3 is 2.54 bits per heavy atom. The summed E-state index contributed by atoms with van der Waals surface area (Å²) in [5.41, 5.74) is 1.18. The molecule has 0 aliphatic heterocycles. The normalized spacial score (nSPS) is 12.1. The first-order valence-corrected chi connectivity index (χ1v) is 7.58. The van der Waals surface area contributed by atoms with Gasteiger partial charge in [0.25, 0.3) is 0 Å². The fraction of sp³-hybridized carbons (Fsp3) is 0.278. The predicted molar refractivity (Wildman–Crippen MR) is 88.0 cm³/mol. The highest BCUT2D eigenvalue weighted by molar-refractivity contribution is 5.68. The van der Waals surface area contributed by atoms with Crippen molar-refractivity contribution >= 4 is 5.57 Å². The van der Waals surface area contributed by atoms with Crippen molar-refractivity contribution in [1.29, 1.82) is 0 Å². The third kappa shape index (κ3) is 5.47. The van der Waals surface area contributed by atoms with Crippen LogP contribution >= 0.6 is 0 Å². The van der Waals surface area contributed by atoms with Gasteiger partial charge in [-0.15, -0.1) is 0 Å². The standard InChI is InChI=1S/C18H18F3NO4/c1-23-10-14(12-26-24-2)15-7-4-3-6-13(15)11-25-17-9-5-8-16(22-17)18(19,20)21/h3-10H,11-12H2,1-2H3/b14-10-. The SMILES string of the molecule is CO/C=C(/COOC)c1ccccc1COc1cccc(C(F)(F)F)n1. The molecule has 0 bridgehead atoms. The lowest BCUT2D eigenvalue weighted by Gasteiger charge is -2.14. The summed E-state index contributed by atoms with van der Waals surface area (Å²) in [7, 11) is 2.89. The van der Waals surface area contributed by atoms with Crippen molar-refractivity contribution in [3.8, 4) is 5.88 Å². The molecule has 1 aromatic heterocycles. The van der Waals surface area contributed by atoms with Gasteiger partial charge in [0, 0.05) is 11.6 Å². The quantitative estimate of drug-likeness (QED) is 0.396. The molecule has 0 spiro atoms. The lowest BCUT2D eigenvalue weighted by molar-refractivity contribution is -0.261. The highest BCUT2D eigenvalue weighted by Gasteiger charge is 2.32. The highest BCUT2D eigenvalue weighted by atomic mass is 19.4. The van der Waals surface area contributed by atoms with Crippen molar-refractivity contribution in [3.05, 3.63) is 65.5 Å². The molecular weight excluding hydrogens is 351 g/mol. The Bertz CT molecular complexity index is 747. The van der Waals surface area contributed by atoms with Crippen LogP contribution in [0.25, 0.3) is 5.57 Å². The summed E-state index contributed by atoms with van der Waals surface area (Å²) in [5, 5.41) is 0. The van der Waals surface area contributed by atoms with Crippen molar-refractivity contribution in [2.45, 2.75) is 12.8 Å². The Hall–Kier alpha value is -2.58. The number of nitrogens with zero attached hydrogens (tertiary/aromatic N) is 1. The molecule has 5 nitrogen and oxygen atoms in total. The number of hydrogen-bond donors (Lipinski definition) is 0. The first-order chi connectivity index (χ1) is 12.5. The molecule has 0 radical (unpaired) electrons. The average Bonchev–Trinajstić information content (AvgIpc) is 2.63. The fourth-order valence-electron chi connectivity index (χ4n) is 2.20. The van der Waals surface area contributed by atoms with Gasteiger partial charge in [0.2, 0.25) is 5.88 Å². The second-order valence-electron chi connectivity index (χ2n) is 5.11. The van der Waals surface area contributed by atoms with Crippen LogP contribution < -0.4 is 4.74 Å². The van der Waals surface area contributed by atoms with Gasteiger partial charge in [0.15, 0.2) is 0 Å². The van der Waals surface area contributed by atoms with Gasteiger partial charge in [-0.05, 0) is 17.2 Å². The van der Waals surface area contributed by atoms with Crippen LogP contribution in [0, 0.1) is 0 Å². The molecule has 0 fully saturated rings. The zero-order chi connectivity index (χ0) is 19.0. The van der Waals surface area contributed by atoms with E-state index in [-0.39, 0.29) is 19.1 Å². The zero-order valence-corrected chi connectivity index (χ0v) is 14.2. The molecule has 0 saturated carbocycles. The van der Waals surface area contributed by atoms with Crippen molar-refractivity contribution in [2.75, 3.05) is 20.8 Å². The average molecular weight is 369 g/mol. The molecule has 0 atom stereocenters. The molecule has 0 N–H and O–H groups in total. The maximum Gasteiger partial charge on any atom is 0.433 e. The number of methoxy groups -OCH3 is 1. The number of alkyl halides is 3. The lowest BCUT2D eigenvalue weighted by Crippen LogP contribution is -2.09. The first kappa shape index (κ1) is 19.7. The number of benzene rings is 1. The predicted octanol–water partition coefficient (Wildman–Crippen LogP) is 4.24. The molecule has 8 heteroatoms. The molecule has 2 rings (SSSR count). The lowest BCUT2D eigenvalue weighted by atomic mass is 10.0. The number of hydrogen-bond acceptors (Lipinski definition) is 5. The van der Waals surface area contributed by atoms with Gasteiger partial charge in [0.05, 0.1) is 20.5 Å².